The number of carbonyl (C=O) groups is 8. The van der Waals surface area contributed by atoms with Crippen LogP contribution in [0.1, 0.15) is 44.5 Å². The molecular formula is C64H52F4N8O8. The number of nitrogens with zero attached hydrogens (tertiary/aromatic N) is 4. The summed E-state index contributed by atoms with van der Waals surface area (Å²) < 4.78 is 52.1. The lowest BCUT2D eigenvalue weighted by molar-refractivity contribution is -0.137. The number of benzene rings is 8. The van der Waals surface area contributed by atoms with E-state index in [1.165, 1.54) is 40.1 Å². The summed E-state index contributed by atoms with van der Waals surface area (Å²) in [6.07, 6.45) is -3.97. The molecule has 0 spiro atoms. The van der Waals surface area contributed by atoms with Gasteiger partial charge in [0.1, 0.15) is 5.82 Å². The number of amides is 12. The Morgan fingerprint density at radius 2 is 0.667 bits per heavy atom. The van der Waals surface area contributed by atoms with Crippen LogP contribution in [-0.2, 0) is 51.0 Å². The molecule has 0 aliphatic carbocycles. The normalized spacial score (nSPS) is 13.4. The molecule has 424 valence electrons. The first kappa shape index (κ1) is 57.9. The molecule has 16 nitrogen and oxygen atoms in total. The molecule has 0 radical (unpaired) electrons. The van der Waals surface area contributed by atoms with Gasteiger partial charge in [-0.15, -0.1) is 0 Å². The quantitative estimate of drug-likeness (QED) is 0.125. The van der Waals surface area contributed by atoms with E-state index in [4.69, 9.17) is 0 Å². The van der Waals surface area contributed by atoms with E-state index < -0.39 is 47.6 Å². The first-order chi connectivity index (χ1) is 40.2. The van der Waals surface area contributed by atoms with Gasteiger partial charge in [-0.25, -0.2) is 43.2 Å². The number of imide groups is 4. The highest BCUT2D eigenvalue weighted by Gasteiger charge is 2.38. The van der Waals surface area contributed by atoms with Gasteiger partial charge in [0.2, 0.25) is 23.6 Å². The molecule has 4 heterocycles. The molecule has 0 unspecified atom stereocenters. The van der Waals surface area contributed by atoms with Gasteiger partial charge >= 0.3 is 30.3 Å². The van der Waals surface area contributed by atoms with Gasteiger partial charge in [0.05, 0.1) is 59.7 Å². The van der Waals surface area contributed by atoms with Crippen molar-refractivity contribution in [3.05, 3.63) is 238 Å². The fourth-order valence-electron chi connectivity index (χ4n) is 9.40. The molecule has 0 atom stereocenters. The Kier molecular flexibility index (Phi) is 17.2. The fraction of sp³-hybridized carbons (Fsp3) is 0.125. The first-order valence-corrected chi connectivity index (χ1v) is 26.2. The summed E-state index contributed by atoms with van der Waals surface area (Å²) in [6, 6.07) is 49.9. The number of rotatable bonds is 4. The standard InChI is InChI=1S/C16H11F3N2O2.C16H13FN2O2.2C16H14N2O2/c17-16(18,19)11-6-2-3-7-12(11)20-15(23)21-13-8-4-1-5-10(13)9-14(21)22;1-10-2-5-13(6-3-10)18-16(21)19-14-7-4-12(17)8-11(14)9-15(19)20;2*1-11-6-8-13(9-7-11)17-16(20)18-14-5-3-2-4-12(14)10-15(18)19/h1-8H,9H2,(H,20,23);2-8H,9H2,1H3,(H,18,21);2*2-9H,10H2,1H3,(H,17,20). The topological polar surface area (TPSA) is 198 Å². The van der Waals surface area contributed by atoms with Crippen LogP contribution in [0.25, 0.3) is 0 Å². The molecule has 0 bridgehead atoms. The number of alkyl halides is 3. The number of para-hydroxylation sites is 4. The largest absolute Gasteiger partial charge is 0.418 e. The van der Waals surface area contributed by atoms with Crippen LogP contribution in [0.4, 0.5) is 82.2 Å². The number of fused-ring (bicyclic) bond motifs is 4. The van der Waals surface area contributed by atoms with Crippen LogP contribution in [-0.4, -0.2) is 47.8 Å². The average Bonchev–Trinajstić information content (AvgIpc) is 3.69. The number of hydrogen-bond donors (Lipinski definition) is 4. The Labute approximate surface area is 479 Å². The zero-order valence-corrected chi connectivity index (χ0v) is 45.3. The van der Waals surface area contributed by atoms with Gasteiger partial charge in [0.15, 0.2) is 0 Å². The van der Waals surface area contributed by atoms with E-state index in [9.17, 15) is 55.9 Å². The van der Waals surface area contributed by atoms with Crippen LogP contribution in [0, 0.1) is 26.6 Å². The minimum Gasteiger partial charge on any atom is -0.307 e. The highest BCUT2D eigenvalue weighted by atomic mass is 19.4. The Balaban J connectivity index is 0.000000135. The van der Waals surface area contributed by atoms with Crippen molar-refractivity contribution in [3.63, 3.8) is 0 Å². The number of nitrogens with one attached hydrogen (secondary N) is 4. The predicted octanol–water partition coefficient (Wildman–Crippen LogP) is 13.3. The second kappa shape index (κ2) is 24.9. The molecule has 12 rings (SSSR count). The minimum absolute atomic E-state index is 0.0361. The maximum Gasteiger partial charge on any atom is 0.418 e. The van der Waals surface area contributed by atoms with Crippen LogP contribution >= 0.6 is 0 Å². The monoisotopic (exact) mass is 1140 g/mol. The molecule has 4 N–H and O–H groups in total. The van der Waals surface area contributed by atoms with Crippen molar-refractivity contribution >= 4 is 93.3 Å². The van der Waals surface area contributed by atoms with Gasteiger partial charge in [-0.3, -0.25) is 19.2 Å². The van der Waals surface area contributed by atoms with E-state index >= 15 is 0 Å². The predicted molar refractivity (Wildman–Crippen MR) is 312 cm³/mol. The molecule has 8 aromatic carbocycles. The van der Waals surface area contributed by atoms with Crippen LogP contribution < -0.4 is 40.9 Å². The molecular weight excluding hydrogens is 1080 g/mol. The summed E-state index contributed by atoms with van der Waals surface area (Å²) >= 11 is 0. The van der Waals surface area contributed by atoms with Gasteiger partial charge in [-0.2, -0.15) is 13.2 Å². The number of carbonyl (C=O) groups excluding carboxylic acids is 8. The lowest BCUT2D eigenvalue weighted by Crippen LogP contribution is -2.37. The second-order valence-corrected chi connectivity index (χ2v) is 19.6. The molecule has 20 heteroatoms. The summed E-state index contributed by atoms with van der Waals surface area (Å²) in [4.78, 5) is 101. The van der Waals surface area contributed by atoms with E-state index in [2.05, 4.69) is 21.3 Å². The van der Waals surface area contributed by atoms with Crippen molar-refractivity contribution in [3.8, 4) is 0 Å². The third-order valence-electron chi connectivity index (χ3n) is 13.5. The highest BCUT2D eigenvalue weighted by Crippen LogP contribution is 2.37. The van der Waals surface area contributed by atoms with E-state index in [1.54, 1.807) is 48.5 Å². The number of urea groups is 4. The Bertz CT molecular complexity index is 3750. The summed E-state index contributed by atoms with van der Waals surface area (Å²) in [5.41, 5.74) is 9.04. The smallest absolute Gasteiger partial charge is 0.307 e. The molecule has 0 saturated carbocycles. The molecule has 4 aliphatic heterocycles. The lowest BCUT2D eigenvalue weighted by Gasteiger charge is -2.18. The number of hydrogen-bond acceptors (Lipinski definition) is 8. The second-order valence-electron chi connectivity index (χ2n) is 19.6. The molecule has 0 aromatic heterocycles. The van der Waals surface area contributed by atoms with Crippen molar-refractivity contribution in [2.24, 2.45) is 0 Å². The zero-order valence-electron chi connectivity index (χ0n) is 45.3. The van der Waals surface area contributed by atoms with Crippen molar-refractivity contribution in [2.45, 2.75) is 52.6 Å². The summed E-state index contributed by atoms with van der Waals surface area (Å²) in [5.74, 6) is -1.65. The van der Waals surface area contributed by atoms with Gasteiger partial charge < -0.3 is 21.3 Å². The Morgan fingerprint density at radius 1 is 0.369 bits per heavy atom. The SMILES string of the molecule is Cc1ccc(NC(=O)N2C(=O)Cc3cc(F)ccc32)cc1.Cc1ccc(NC(=O)N2C(=O)Cc3ccccc32)cc1.Cc1ccc(NC(=O)N2C(=O)Cc3ccccc32)cc1.O=C1Cc2ccccc2N1C(=O)Nc1ccccc1C(F)(F)F. The van der Waals surface area contributed by atoms with Crippen molar-refractivity contribution in [1.29, 1.82) is 0 Å². The molecule has 4 aliphatic rings. The van der Waals surface area contributed by atoms with Crippen LogP contribution in [0.3, 0.4) is 0 Å². The van der Waals surface area contributed by atoms with E-state index in [0.717, 1.165) is 49.7 Å². The summed E-state index contributed by atoms with van der Waals surface area (Å²) in [5, 5.41) is 10.3. The van der Waals surface area contributed by atoms with Gasteiger partial charge in [0, 0.05) is 17.1 Å². The van der Waals surface area contributed by atoms with Gasteiger partial charge in [-0.05, 0) is 128 Å². The minimum atomic E-state index is -4.60. The molecule has 84 heavy (non-hydrogen) atoms. The average molecular weight is 1140 g/mol. The Morgan fingerprint density at radius 3 is 1.02 bits per heavy atom. The van der Waals surface area contributed by atoms with Crippen molar-refractivity contribution < 1.29 is 55.9 Å². The Hall–Kier alpha value is -10.8. The maximum atomic E-state index is 13.2. The van der Waals surface area contributed by atoms with Crippen LogP contribution in [0.2, 0.25) is 0 Å². The molecule has 0 fully saturated rings. The third-order valence-corrected chi connectivity index (χ3v) is 13.5. The molecule has 0 saturated heterocycles. The molecule has 8 aromatic rings. The van der Waals surface area contributed by atoms with E-state index in [-0.39, 0.29) is 49.1 Å². The van der Waals surface area contributed by atoms with Crippen LogP contribution in [0.15, 0.2) is 188 Å². The van der Waals surface area contributed by atoms with Crippen molar-refractivity contribution in [1.82, 2.24) is 0 Å². The number of anilines is 8. The van der Waals surface area contributed by atoms with Gasteiger partial charge in [-0.1, -0.05) is 120 Å². The number of aryl methyl sites for hydroxylation is 3. The highest BCUT2D eigenvalue weighted by molar-refractivity contribution is 6.24. The van der Waals surface area contributed by atoms with Crippen LogP contribution in [0.5, 0.6) is 0 Å². The van der Waals surface area contributed by atoms with E-state index in [1.807, 2.05) is 118 Å². The first-order valence-electron chi connectivity index (χ1n) is 26.2. The van der Waals surface area contributed by atoms with Crippen molar-refractivity contribution in [2.75, 3.05) is 40.9 Å². The maximum absolute atomic E-state index is 13.2. The lowest BCUT2D eigenvalue weighted by atomic mass is 10.1. The molecule has 12 amide bonds. The van der Waals surface area contributed by atoms with E-state index in [0.29, 0.717) is 50.9 Å². The third kappa shape index (κ3) is 13.4. The number of halogens is 4. The summed E-state index contributed by atoms with van der Waals surface area (Å²) in [6.45, 7) is 5.90. The zero-order chi connectivity index (χ0) is 59.8. The summed E-state index contributed by atoms with van der Waals surface area (Å²) in [7, 11) is 0. The fourth-order valence-corrected chi connectivity index (χ4v) is 9.40. The van der Waals surface area contributed by atoms with Gasteiger partial charge in [0.25, 0.3) is 0 Å².